The summed E-state index contributed by atoms with van der Waals surface area (Å²) in [6, 6.07) is 14.0. The lowest BCUT2D eigenvalue weighted by molar-refractivity contribution is 0.209. The maximum absolute atomic E-state index is 10.3. The van der Waals surface area contributed by atoms with Crippen LogP contribution in [0.1, 0.15) is 22.4 Å². The summed E-state index contributed by atoms with van der Waals surface area (Å²) >= 11 is 1.75. The van der Waals surface area contributed by atoms with Crippen molar-refractivity contribution < 1.29 is 5.11 Å². The van der Waals surface area contributed by atoms with Gasteiger partial charge < -0.3 is 5.11 Å². The van der Waals surface area contributed by atoms with Crippen molar-refractivity contribution in [3.8, 4) is 0 Å². The van der Waals surface area contributed by atoms with Crippen LogP contribution in [0.5, 0.6) is 0 Å². The van der Waals surface area contributed by atoms with Crippen LogP contribution in [0.4, 0.5) is 0 Å². The third-order valence-corrected chi connectivity index (χ3v) is 4.72. The predicted molar refractivity (Wildman–Crippen MR) is 89.2 cm³/mol. The highest BCUT2D eigenvalue weighted by atomic mass is 32.1. The maximum atomic E-state index is 10.3. The zero-order chi connectivity index (χ0) is 15.6. The summed E-state index contributed by atoms with van der Waals surface area (Å²) in [5, 5.41) is 16.0. The second-order valence-electron chi connectivity index (χ2n) is 5.23. The minimum atomic E-state index is -0.832. The molecule has 0 aliphatic carbocycles. The molecule has 1 N–H and O–H groups in total. The van der Waals surface area contributed by atoms with E-state index in [1.54, 1.807) is 46.9 Å². The van der Waals surface area contributed by atoms with Gasteiger partial charge in [0, 0.05) is 22.0 Å². The molecule has 5 nitrogen and oxygen atoms in total. The van der Waals surface area contributed by atoms with Crippen LogP contribution in [-0.2, 0) is 6.54 Å². The highest BCUT2D eigenvalue weighted by molar-refractivity contribution is 7.19. The molecule has 114 valence electrons. The van der Waals surface area contributed by atoms with Gasteiger partial charge in [-0.15, -0.1) is 11.3 Å². The van der Waals surface area contributed by atoms with Crippen LogP contribution in [0.15, 0.2) is 61.2 Å². The van der Waals surface area contributed by atoms with Crippen LogP contribution in [0.25, 0.3) is 10.1 Å². The van der Waals surface area contributed by atoms with E-state index < -0.39 is 6.10 Å². The van der Waals surface area contributed by atoms with Gasteiger partial charge in [0.1, 0.15) is 12.4 Å². The third kappa shape index (κ3) is 2.86. The number of aromatic nitrogens is 4. The van der Waals surface area contributed by atoms with Crippen LogP contribution in [0.3, 0.4) is 0 Å². The van der Waals surface area contributed by atoms with Crippen LogP contribution in [-0.4, -0.2) is 24.9 Å². The quantitative estimate of drug-likeness (QED) is 0.627. The lowest BCUT2D eigenvalue weighted by atomic mass is 10.1. The molecule has 1 unspecified atom stereocenters. The van der Waals surface area contributed by atoms with Crippen molar-refractivity contribution in [1.29, 1.82) is 0 Å². The van der Waals surface area contributed by atoms with Crippen molar-refractivity contribution >= 4 is 21.4 Å². The zero-order valence-corrected chi connectivity index (χ0v) is 13.0. The van der Waals surface area contributed by atoms with E-state index in [0.717, 1.165) is 5.56 Å². The SMILES string of the molecule is OC(c1ccncc1)c1ncn(Cc2cc3ccccc3s2)n1. The van der Waals surface area contributed by atoms with Crippen LogP contribution in [0, 0.1) is 0 Å². The van der Waals surface area contributed by atoms with Gasteiger partial charge in [0.25, 0.3) is 0 Å². The predicted octanol–water partition coefficient (Wildman–Crippen LogP) is 3.02. The van der Waals surface area contributed by atoms with E-state index in [4.69, 9.17) is 0 Å². The Morgan fingerprint density at radius 3 is 2.78 bits per heavy atom. The summed E-state index contributed by atoms with van der Waals surface area (Å²) in [4.78, 5) is 9.39. The van der Waals surface area contributed by atoms with Crippen molar-refractivity contribution in [2.24, 2.45) is 0 Å². The first kappa shape index (κ1) is 14.0. The standard InChI is InChI=1S/C17H14N4OS/c22-16(12-5-7-18-8-6-12)17-19-11-21(20-17)10-14-9-13-3-1-2-4-15(13)23-14/h1-9,11,16,22H,10H2. The number of rotatable bonds is 4. The molecule has 6 heteroatoms. The Morgan fingerprint density at radius 2 is 1.96 bits per heavy atom. The summed E-state index contributed by atoms with van der Waals surface area (Å²) in [7, 11) is 0. The van der Waals surface area contributed by atoms with Gasteiger partial charge in [-0.25, -0.2) is 9.67 Å². The second-order valence-corrected chi connectivity index (χ2v) is 6.40. The van der Waals surface area contributed by atoms with Crippen molar-refractivity contribution in [2.45, 2.75) is 12.6 Å². The van der Waals surface area contributed by atoms with E-state index in [0.29, 0.717) is 12.4 Å². The number of aliphatic hydroxyl groups is 1. The average molecular weight is 322 g/mol. The van der Waals surface area contributed by atoms with Crippen LogP contribution in [0.2, 0.25) is 0 Å². The molecule has 3 aromatic heterocycles. The lowest BCUT2D eigenvalue weighted by Crippen LogP contribution is -2.04. The van der Waals surface area contributed by atoms with Crippen molar-refractivity contribution in [2.75, 3.05) is 0 Å². The molecule has 23 heavy (non-hydrogen) atoms. The van der Waals surface area contributed by atoms with Gasteiger partial charge in [0.05, 0.1) is 6.54 Å². The van der Waals surface area contributed by atoms with Crippen LogP contribution >= 0.6 is 11.3 Å². The van der Waals surface area contributed by atoms with Gasteiger partial charge in [-0.05, 0) is 35.2 Å². The van der Waals surface area contributed by atoms with E-state index in [1.165, 1.54) is 15.0 Å². The number of nitrogens with zero attached hydrogens (tertiary/aromatic N) is 4. The topological polar surface area (TPSA) is 63.8 Å². The Bertz CT molecular complexity index is 899. The number of hydrogen-bond donors (Lipinski definition) is 1. The maximum Gasteiger partial charge on any atom is 0.183 e. The molecule has 3 heterocycles. The van der Waals surface area contributed by atoms with Crippen LogP contribution < -0.4 is 0 Å². The largest absolute Gasteiger partial charge is 0.380 e. The highest BCUT2D eigenvalue weighted by Gasteiger charge is 2.15. The normalized spacial score (nSPS) is 12.6. The van der Waals surface area contributed by atoms with Gasteiger partial charge in [0.15, 0.2) is 5.82 Å². The molecule has 4 aromatic rings. The molecular formula is C17H14N4OS. The molecule has 0 aliphatic rings. The molecule has 1 atom stereocenters. The molecule has 0 saturated heterocycles. The van der Waals surface area contributed by atoms with E-state index in [-0.39, 0.29) is 0 Å². The van der Waals surface area contributed by atoms with Gasteiger partial charge >= 0.3 is 0 Å². The van der Waals surface area contributed by atoms with Crippen molar-refractivity contribution in [3.05, 3.63) is 77.5 Å². The highest BCUT2D eigenvalue weighted by Crippen LogP contribution is 2.26. The Balaban J connectivity index is 1.56. The number of benzene rings is 1. The molecule has 0 fully saturated rings. The van der Waals surface area contributed by atoms with Crippen molar-refractivity contribution in [1.82, 2.24) is 19.7 Å². The molecule has 0 bridgehead atoms. The summed E-state index contributed by atoms with van der Waals surface area (Å²) in [5.41, 5.74) is 0.736. The van der Waals surface area contributed by atoms with Gasteiger partial charge in [-0.2, -0.15) is 5.10 Å². The fourth-order valence-electron chi connectivity index (χ4n) is 2.48. The Labute approximate surface area is 136 Å². The van der Waals surface area contributed by atoms with Gasteiger partial charge in [-0.3, -0.25) is 4.98 Å². The molecule has 1 aromatic carbocycles. The summed E-state index contributed by atoms with van der Waals surface area (Å²) < 4.78 is 3.02. The molecule has 0 amide bonds. The first-order valence-corrected chi connectivity index (χ1v) is 8.06. The minimum absolute atomic E-state index is 0.400. The smallest absolute Gasteiger partial charge is 0.183 e. The second kappa shape index (κ2) is 5.91. The Kier molecular flexibility index (Phi) is 3.61. The van der Waals surface area contributed by atoms with Gasteiger partial charge in [0.2, 0.25) is 0 Å². The van der Waals surface area contributed by atoms with Crippen molar-refractivity contribution in [3.63, 3.8) is 0 Å². The third-order valence-electron chi connectivity index (χ3n) is 3.61. The molecule has 0 spiro atoms. The fraction of sp³-hybridized carbons (Fsp3) is 0.118. The first-order chi connectivity index (χ1) is 11.3. The fourth-order valence-corrected chi connectivity index (χ4v) is 3.54. The monoisotopic (exact) mass is 322 g/mol. The van der Waals surface area contributed by atoms with E-state index in [2.05, 4.69) is 33.3 Å². The average Bonchev–Trinajstić information content (AvgIpc) is 3.21. The summed E-state index contributed by atoms with van der Waals surface area (Å²) in [5.74, 6) is 0.400. The minimum Gasteiger partial charge on any atom is -0.380 e. The molecule has 0 saturated carbocycles. The zero-order valence-electron chi connectivity index (χ0n) is 12.2. The Hall–Kier alpha value is -2.57. The summed E-state index contributed by atoms with van der Waals surface area (Å²) in [6.45, 7) is 0.648. The number of aliphatic hydroxyl groups excluding tert-OH is 1. The molecule has 0 radical (unpaired) electrons. The number of hydrogen-bond acceptors (Lipinski definition) is 5. The van der Waals surface area contributed by atoms with E-state index in [9.17, 15) is 5.11 Å². The number of thiophene rings is 1. The first-order valence-electron chi connectivity index (χ1n) is 7.24. The summed E-state index contributed by atoms with van der Waals surface area (Å²) in [6.07, 6.45) is 4.12. The van der Waals surface area contributed by atoms with E-state index >= 15 is 0 Å². The number of pyridine rings is 1. The molecular weight excluding hydrogens is 308 g/mol. The van der Waals surface area contributed by atoms with E-state index in [1.807, 2.05) is 12.1 Å². The molecule has 4 rings (SSSR count). The Morgan fingerprint density at radius 1 is 1.13 bits per heavy atom. The lowest BCUT2D eigenvalue weighted by Gasteiger charge is -2.05. The van der Waals surface area contributed by atoms with Gasteiger partial charge in [-0.1, -0.05) is 18.2 Å². The number of fused-ring (bicyclic) bond motifs is 1. The molecule has 0 aliphatic heterocycles.